The summed E-state index contributed by atoms with van der Waals surface area (Å²) in [6.07, 6.45) is 3.43. The number of anilines is 1. The van der Waals surface area contributed by atoms with Gasteiger partial charge >= 0.3 is 0 Å². The number of benzene rings is 3. The van der Waals surface area contributed by atoms with Gasteiger partial charge < -0.3 is 25.6 Å². The van der Waals surface area contributed by atoms with Crippen molar-refractivity contribution in [2.75, 3.05) is 18.8 Å². The number of amides is 1. The number of ether oxygens (including phenoxy) is 1. The first-order valence-electron chi connectivity index (χ1n) is 15.8. The number of piperidine rings is 1. The predicted molar refractivity (Wildman–Crippen MR) is 172 cm³/mol. The number of likely N-dealkylation sites (tertiary alicyclic amines) is 1. The molecule has 0 unspecified atom stereocenters. The molecule has 3 aromatic carbocycles. The minimum absolute atomic E-state index is 0.0184. The van der Waals surface area contributed by atoms with Crippen LogP contribution < -0.4 is 16.0 Å². The van der Waals surface area contributed by atoms with Crippen molar-refractivity contribution in [3.05, 3.63) is 118 Å². The van der Waals surface area contributed by atoms with Gasteiger partial charge in [0.1, 0.15) is 23.7 Å². The molecule has 2 aliphatic rings. The molecule has 4 aromatic rings. The maximum atomic E-state index is 14.0. The van der Waals surface area contributed by atoms with Crippen LogP contribution in [-0.2, 0) is 17.8 Å². The topological polar surface area (TPSA) is 131 Å². The van der Waals surface area contributed by atoms with E-state index in [1.54, 1.807) is 17.0 Å². The Bertz CT molecular complexity index is 1760. The van der Waals surface area contributed by atoms with Gasteiger partial charge in [-0.1, -0.05) is 42.5 Å². The highest BCUT2D eigenvalue weighted by Gasteiger charge is 2.45. The van der Waals surface area contributed by atoms with Crippen molar-refractivity contribution >= 4 is 11.6 Å². The van der Waals surface area contributed by atoms with Gasteiger partial charge in [0.25, 0.3) is 5.56 Å². The second kappa shape index (κ2) is 13.2. The van der Waals surface area contributed by atoms with Gasteiger partial charge in [0, 0.05) is 25.4 Å². The number of halogens is 2. The minimum atomic E-state index is -1.27. The molecule has 4 N–H and O–H groups in total. The zero-order chi connectivity index (χ0) is 33.2. The molecule has 47 heavy (non-hydrogen) atoms. The third-order valence-corrected chi connectivity index (χ3v) is 9.53. The molecule has 1 amide bonds. The Kier molecular flexibility index (Phi) is 9.11. The standard InChI is InChI=1S/C36H38F2N4O5/c37-26-8-6-24(7-9-26)20-36(46)15-14-29(30(21-36)25-4-2-1-3-5-25)33(43)41-18-16-35(45,17-19-41)22-42-23-40-32(31(39)34(42)44)47-28-12-10-27(38)11-13-28/h1-13,23,29-30,45-46H,14-22,39H2/t29-,30+,36+/m1/s1. The zero-order valence-corrected chi connectivity index (χ0v) is 25.9. The summed E-state index contributed by atoms with van der Waals surface area (Å²) in [4.78, 5) is 33.0. The summed E-state index contributed by atoms with van der Waals surface area (Å²) in [5.74, 6) is -1.20. The van der Waals surface area contributed by atoms with Crippen LogP contribution in [0.1, 0.15) is 49.1 Å². The van der Waals surface area contributed by atoms with Gasteiger partial charge in [-0.25, -0.2) is 13.8 Å². The highest BCUT2D eigenvalue weighted by Crippen LogP contribution is 2.45. The van der Waals surface area contributed by atoms with Crippen molar-refractivity contribution in [3.63, 3.8) is 0 Å². The van der Waals surface area contributed by atoms with Gasteiger partial charge in [-0.05, 0) is 85.5 Å². The van der Waals surface area contributed by atoms with Crippen LogP contribution in [0.4, 0.5) is 14.5 Å². The molecule has 9 nitrogen and oxygen atoms in total. The van der Waals surface area contributed by atoms with Crippen LogP contribution in [0.2, 0.25) is 0 Å². The number of carbonyl (C=O) groups excluding carboxylic acids is 1. The van der Waals surface area contributed by atoms with Crippen LogP contribution in [0, 0.1) is 17.6 Å². The number of nitrogens with zero attached hydrogens (tertiary/aromatic N) is 3. The lowest BCUT2D eigenvalue weighted by Crippen LogP contribution is -2.52. The fraction of sp³-hybridized carbons (Fsp3) is 0.361. The van der Waals surface area contributed by atoms with E-state index in [0.717, 1.165) is 11.1 Å². The van der Waals surface area contributed by atoms with Crippen molar-refractivity contribution in [1.82, 2.24) is 14.5 Å². The molecule has 246 valence electrons. The van der Waals surface area contributed by atoms with Crippen LogP contribution in [-0.4, -0.2) is 54.9 Å². The highest BCUT2D eigenvalue weighted by atomic mass is 19.1. The summed E-state index contributed by atoms with van der Waals surface area (Å²) < 4.78 is 33.5. The van der Waals surface area contributed by atoms with Gasteiger partial charge in [0.2, 0.25) is 11.8 Å². The largest absolute Gasteiger partial charge is 0.437 e. The van der Waals surface area contributed by atoms with E-state index in [-0.39, 0.29) is 60.3 Å². The summed E-state index contributed by atoms with van der Waals surface area (Å²) in [5.41, 5.74) is 4.71. The first kappa shape index (κ1) is 32.3. The van der Waals surface area contributed by atoms with Gasteiger partial charge in [0.15, 0.2) is 5.69 Å². The molecule has 1 aliphatic carbocycles. The lowest BCUT2D eigenvalue weighted by Gasteiger charge is -2.45. The number of rotatable bonds is 8. The first-order valence-corrected chi connectivity index (χ1v) is 15.8. The van der Waals surface area contributed by atoms with Crippen molar-refractivity contribution in [2.45, 2.75) is 62.2 Å². The minimum Gasteiger partial charge on any atom is -0.437 e. The van der Waals surface area contributed by atoms with Crippen LogP contribution in [0.15, 0.2) is 90.0 Å². The lowest BCUT2D eigenvalue weighted by molar-refractivity contribution is -0.144. The zero-order valence-electron chi connectivity index (χ0n) is 25.9. The summed E-state index contributed by atoms with van der Waals surface area (Å²) in [6, 6.07) is 21.1. The lowest BCUT2D eigenvalue weighted by atomic mass is 9.67. The van der Waals surface area contributed by atoms with Crippen molar-refractivity contribution in [3.8, 4) is 11.6 Å². The fourth-order valence-electron chi connectivity index (χ4n) is 6.92. The van der Waals surface area contributed by atoms with Gasteiger partial charge in [-0.15, -0.1) is 0 Å². The van der Waals surface area contributed by atoms with E-state index < -0.39 is 22.6 Å². The predicted octanol–water partition coefficient (Wildman–Crippen LogP) is 4.81. The molecule has 0 spiro atoms. The van der Waals surface area contributed by atoms with Crippen molar-refractivity contribution in [1.29, 1.82) is 0 Å². The molecular formula is C36H38F2N4O5. The summed E-state index contributed by atoms with van der Waals surface area (Å²) >= 11 is 0. The Morgan fingerprint density at radius 2 is 1.55 bits per heavy atom. The Labute approximate surface area is 271 Å². The van der Waals surface area contributed by atoms with Crippen molar-refractivity contribution < 1.29 is 28.5 Å². The normalized spacial score (nSPS) is 22.5. The monoisotopic (exact) mass is 644 g/mol. The van der Waals surface area contributed by atoms with E-state index in [1.807, 2.05) is 30.3 Å². The average Bonchev–Trinajstić information content (AvgIpc) is 3.07. The maximum absolute atomic E-state index is 14.0. The Morgan fingerprint density at radius 1 is 0.915 bits per heavy atom. The molecule has 1 saturated carbocycles. The van der Waals surface area contributed by atoms with Crippen LogP contribution in [0.3, 0.4) is 0 Å². The number of nitrogens with two attached hydrogens (primary N) is 1. The Balaban J connectivity index is 1.11. The molecule has 3 atom stereocenters. The van der Waals surface area contributed by atoms with E-state index in [2.05, 4.69) is 4.98 Å². The third kappa shape index (κ3) is 7.36. The number of hydrogen-bond donors (Lipinski definition) is 3. The molecule has 6 rings (SSSR count). The summed E-state index contributed by atoms with van der Waals surface area (Å²) in [5, 5.41) is 23.1. The summed E-state index contributed by atoms with van der Waals surface area (Å²) in [6.45, 7) is 0.543. The first-order chi connectivity index (χ1) is 22.5. The van der Waals surface area contributed by atoms with E-state index in [9.17, 15) is 28.6 Å². The van der Waals surface area contributed by atoms with Crippen LogP contribution in [0.25, 0.3) is 0 Å². The molecule has 2 heterocycles. The third-order valence-electron chi connectivity index (χ3n) is 9.53. The molecule has 0 radical (unpaired) electrons. The molecule has 1 aliphatic heterocycles. The number of carbonyl (C=O) groups is 1. The van der Waals surface area contributed by atoms with Crippen LogP contribution >= 0.6 is 0 Å². The van der Waals surface area contributed by atoms with E-state index in [4.69, 9.17) is 10.5 Å². The van der Waals surface area contributed by atoms with Crippen LogP contribution in [0.5, 0.6) is 11.6 Å². The quantitative estimate of drug-likeness (QED) is 0.251. The molecule has 0 bridgehead atoms. The average molecular weight is 645 g/mol. The second-order valence-corrected chi connectivity index (χ2v) is 12.9. The molecular weight excluding hydrogens is 606 g/mol. The number of aliphatic hydroxyl groups is 2. The Hall–Kier alpha value is -4.61. The highest BCUT2D eigenvalue weighted by molar-refractivity contribution is 5.80. The number of hydrogen-bond acceptors (Lipinski definition) is 7. The fourth-order valence-corrected chi connectivity index (χ4v) is 6.92. The van der Waals surface area contributed by atoms with Crippen molar-refractivity contribution in [2.24, 2.45) is 5.92 Å². The number of aromatic nitrogens is 2. The molecule has 2 fully saturated rings. The van der Waals surface area contributed by atoms with Gasteiger partial charge in [-0.2, -0.15) is 0 Å². The second-order valence-electron chi connectivity index (χ2n) is 12.9. The van der Waals surface area contributed by atoms with E-state index in [0.29, 0.717) is 38.8 Å². The Morgan fingerprint density at radius 3 is 2.21 bits per heavy atom. The molecule has 1 aromatic heterocycles. The van der Waals surface area contributed by atoms with Gasteiger partial charge in [0.05, 0.1) is 17.7 Å². The van der Waals surface area contributed by atoms with E-state index in [1.165, 1.54) is 47.3 Å². The SMILES string of the molecule is Nc1c(Oc2ccc(F)cc2)ncn(CC2(O)CCN(C(=O)[C@@H]3CC[C@](O)(Cc4ccc(F)cc4)C[C@H]3c3ccccc3)CC2)c1=O. The maximum Gasteiger partial charge on any atom is 0.280 e. The smallest absolute Gasteiger partial charge is 0.280 e. The molecule has 1 saturated heterocycles. The van der Waals surface area contributed by atoms with E-state index >= 15 is 0 Å². The van der Waals surface area contributed by atoms with Gasteiger partial charge in [-0.3, -0.25) is 14.2 Å². The number of nitrogen functional groups attached to an aromatic ring is 1. The molecule has 11 heteroatoms. The summed E-state index contributed by atoms with van der Waals surface area (Å²) in [7, 11) is 0.